The summed E-state index contributed by atoms with van der Waals surface area (Å²) in [6, 6.07) is 9.43. The zero-order valence-corrected chi connectivity index (χ0v) is 10.4. The molecule has 0 heterocycles. The Labute approximate surface area is 107 Å². The van der Waals surface area contributed by atoms with E-state index in [-0.39, 0.29) is 24.5 Å². The number of para-hydroxylation sites is 1. The van der Waals surface area contributed by atoms with Crippen LogP contribution in [0.4, 0.5) is 0 Å². The first-order chi connectivity index (χ1) is 8.77. The van der Waals surface area contributed by atoms with E-state index in [4.69, 9.17) is 15.2 Å². The first-order valence-corrected chi connectivity index (χ1v) is 6.37. The van der Waals surface area contributed by atoms with E-state index in [1.54, 1.807) is 0 Å². The third-order valence-electron chi connectivity index (χ3n) is 3.21. The minimum atomic E-state index is -0.184. The second-order valence-electron chi connectivity index (χ2n) is 4.53. The Balaban J connectivity index is 1.65. The third-order valence-corrected chi connectivity index (χ3v) is 3.21. The number of hydrogen-bond donors (Lipinski definition) is 1. The average Bonchev–Trinajstić information content (AvgIpc) is 2.82. The summed E-state index contributed by atoms with van der Waals surface area (Å²) in [4.78, 5) is 11.7. The predicted octanol–water partition coefficient (Wildman–Crippen LogP) is 1.74. The average molecular weight is 249 g/mol. The van der Waals surface area contributed by atoms with Gasteiger partial charge in [0.05, 0.1) is 5.92 Å². The fourth-order valence-electron chi connectivity index (χ4n) is 2.21. The van der Waals surface area contributed by atoms with Gasteiger partial charge in [0.2, 0.25) is 0 Å². The van der Waals surface area contributed by atoms with E-state index in [9.17, 15) is 4.79 Å². The number of ether oxygens (including phenoxy) is 2. The molecule has 0 spiro atoms. The summed E-state index contributed by atoms with van der Waals surface area (Å²) >= 11 is 0. The van der Waals surface area contributed by atoms with Gasteiger partial charge in [-0.3, -0.25) is 4.79 Å². The van der Waals surface area contributed by atoms with Crippen molar-refractivity contribution < 1.29 is 14.3 Å². The molecule has 0 aliphatic heterocycles. The normalized spacial score (nSPS) is 22.7. The van der Waals surface area contributed by atoms with Gasteiger partial charge < -0.3 is 15.2 Å². The van der Waals surface area contributed by atoms with Crippen molar-refractivity contribution in [2.45, 2.75) is 25.3 Å². The predicted molar refractivity (Wildman–Crippen MR) is 68.2 cm³/mol. The lowest BCUT2D eigenvalue weighted by atomic mass is 10.1. The SMILES string of the molecule is NC1CCCC1C(=O)OCCOc1ccccc1. The molecule has 0 bridgehead atoms. The summed E-state index contributed by atoms with van der Waals surface area (Å²) in [6.07, 6.45) is 2.78. The standard InChI is InChI=1S/C14H19NO3/c15-13-8-4-7-12(13)14(16)18-10-9-17-11-5-2-1-3-6-11/h1-3,5-6,12-13H,4,7-10,15H2. The van der Waals surface area contributed by atoms with Crippen LogP contribution in [0.5, 0.6) is 5.75 Å². The number of carbonyl (C=O) groups is 1. The maximum Gasteiger partial charge on any atom is 0.310 e. The van der Waals surface area contributed by atoms with Crippen molar-refractivity contribution in [3.05, 3.63) is 30.3 Å². The highest BCUT2D eigenvalue weighted by molar-refractivity contribution is 5.73. The largest absolute Gasteiger partial charge is 0.490 e. The summed E-state index contributed by atoms with van der Waals surface area (Å²) in [5, 5.41) is 0. The van der Waals surface area contributed by atoms with E-state index in [2.05, 4.69) is 0 Å². The van der Waals surface area contributed by atoms with E-state index >= 15 is 0 Å². The zero-order valence-electron chi connectivity index (χ0n) is 10.4. The van der Waals surface area contributed by atoms with Crippen molar-refractivity contribution in [1.29, 1.82) is 0 Å². The van der Waals surface area contributed by atoms with Gasteiger partial charge in [-0.2, -0.15) is 0 Å². The number of rotatable bonds is 5. The molecule has 1 saturated carbocycles. The van der Waals surface area contributed by atoms with E-state index < -0.39 is 0 Å². The molecule has 2 unspecified atom stereocenters. The van der Waals surface area contributed by atoms with E-state index in [1.807, 2.05) is 30.3 Å². The lowest BCUT2D eigenvalue weighted by molar-refractivity contribution is -0.149. The highest BCUT2D eigenvalue weighted by Crippen LogP contribution is 2.24. The molecule has 4 heteroatoms. The van der Waals surface area contributed by atoms with Gasteiger partial charge in [-0.15, -0.1) is 0 Å². The van der Waals surface area contributed by atoms with Crippen molar-refractivity contribution in [3.8, 4) is 5.75 Å². The lowest BCUT2D eigenvalue weighted by Gasteiger charge is -2.14. The number of benzene rings is 1. The van der Waals surface area contributed by atoms with Gasteiger partial charge in [-0.1, -0.05) is 24.6 Å². The molecule has 0 saturated heterocycles. The summed E-state index contributed by atoms with van der Waals surface area (Å²) in [7, 11) is 0. The first kappa shape index (κ1) is 12.9. The molecule has 1 aromatic carbocycles. The smallest absolute Gasteiger partial charge is 0.310 e. The molecule has 1 aliphatic rings. The molecule has 18 heavy (non-hydrogen) atoms. The van der Waals surface area contributed by atoms with Crippen LogP contribution in [0, 0.1) is 5.92 Å². The first-order valence-electron chi connectivity index (χ1n) is 6.37. The quantitative estimate of drug-likeness (QED) is 0.637. The third kappa shape index (κ3) is 3.47. The van der Waals surface area contributed by atoms with E-state index in [0.29, 0.717) is 6.61 Å². The van der Waals surface area contributed by atoms with Crippen LogP contribution in [0.15, 0.2) is 30.3 Å². The van der Waals surface area contributed by atoms with Crippen LogP contribution in [0.25, 0.3) is 0 Å². The van der Waals surface area contributed by atoms with Crippen molar-refractivity contribution in [2.24, 2.45) is 11.7 Å². The van der Waals surface area contributed by atoms with Gasteiger partial charge >= 0.3 is 5.97 Å². The van der Waals surface area contributed by atoms with E-state index in [0.717, 1.165) is 25.0 Å². The van der Waals surface area contributed by atoms with Crippen LogP contribution >= 0.6 is 0 Å². The molecule has 98 valence electrons. The zero-order chi connectivity index (χ0) is 12.8. The van der Waals surface area contributed by atoms with Crippen LogP contribution in [-0.2, 0) is 9.53 Å². The molecule has 0 radical (unpaired) electrons. The molecular weight excluding hydrogens is 230 g/mol. The Morgan fingerprint density at radius 1 is 1.22 bits per heavy atom. The van der Waals surface area contributed by atoms with Gasteiger partial charge in [0.25, 0.3) is 0 Å². The van der Waals surface area contributed by atoms with Crippen LogP contribution in [-0.4, -0.2) is 25.2 Å². The second kappa shape index (κ2) is 6.40. The Bertz CT molecular complexity index is 380. The van der Waals surface area contributed by atoms with Gasteiger partial charge in [-0.05, 0) is 25.0 Å². The fourth-order valence-corrected chi connectivity index (χ4v) is 2.21. The van der Waals surface area contributed by atoms with Gasteiger partial charge in [0.1, 0.15) is 19.0 Å². The van der Waals surface area contributed by atoms with Crippen LogP contribution < -0.4 is 10.5 Å². The van der Waals surface area contributed by atoms with Crippen LogP contribution in [0.3, 0.4) is 0 Å². The Morgan fingerprint density at radius 3 is 2.67 bits per heavy atom. The summed E-state index contributed by atoms with van der Waals surface area (Å²) in [5.74, 6) is 0.476. The molecule has 0 amide bonds. The van der Waals surface area contributed by atoms with Crippen molar-refractivity contribution in [2.75, 3.05) is 13.2 Å². The maximum atomic E-state index is 11.7. The maximum absolute atomic E-state index is 11.7. The van der Waals surface area contributed by atoms with Gasteiger partial charge in [0, 0.05) is 6.04 Å². The number of esters is 1. The van der Waals surface area contributed by atoms with E-state index in [1.165, 1.54) is 0 Å². The minimum Gasteiger partial charge on any atom is -0.490 e. The second-order valence-corrected chi connectivity index (χ2v) is 4.53. The van der Waals surface area contributed by atoms with Crippen molar-refractivity contribution >= 4 is 5.97 Å². The Kier molecular flexibility index (Phi) is 4.59. The van der Waals surface area contributed by atoms with Crippen LogP contribution in [0.2, 0.25) is 0 Å². The highest BCUT2D eigenvalue weighted by atomic mass is 16.6. The molecule has 1 aliphatic carbocycles. The van der Waals surface area contributed by atoms with Crippen molar-refractivity contribution in [1.82, 2.24) is 0 Å². The molecule has 0 aromatic heterocycles. The summed E-state index contributed by atoms with van der Waals surface area (Å²) in [5.41, 5.74) is 5.84. The molecule has 2 rings (SSSR count). The Morgan fingerprint density at radius 2 is 2.00 bits per heavy atom. The monoisotopic (exact) mass is 249 g/mol. The summed E-state index contributed by atoms with van der Waals surface area (Å²) < 4.78 is 10.6. The number of nitrogens with two attached hydrogens (primary N) is 1. The molecular formula is C14H19NO3. The number of hydrogen-bond acceptors (Lipinski definition) is 4. The number of carbonyl (C=O) groups excluding carboxylic acids is 1. The van der Waals surface area contributed by atoms with Crippen LogP contribution in [0.1, 0.15) is 19.3 Å². The molecule has 1 fully saturated rings. The minimum absolute atomic E-state index is 0.0347. The lowest BCUT2D eigenvalue weighted by Crippen LogP contribution is -2.32. The topological polar surface area (TPSA) is 61.6 Å². The fraction of sp³-hybridized carbons (Fsp3) is 0.500. The molecule has 2 N–H and O–H groups in total. The van der Waals surface area contributed by atoms with Crippen molar-refractivity contribution in [3.63, 3.8) is 0 Å². The molecule has 4 nitrogen and oxygen atoms in total. The summed E-state index contributed by atoms with van der Waals surface area (Å²) in [6.45, 7) is 0.647. The highest BCUT2D eigenvalue weighted by Gasteiger charge is 2.31. The Hall–Kier alpha value is -1.55. The molecule has 1 aromatic rings. The molecule has 2 atom stereocenters. The van der Waals surface area contributed by atoms with Gasteiger partial charge in [-0.25, -0.2) is 0 Å². The van der Waals surface area contributed by atoms with Gasteiger partial charge in [0.15, 0.2) is 0 Å².